The lowest BCUT2D eigenvalue weighted by Crippen LogP contribution is -2.24. The summed E-state index contributed by atoms with van der Waals surface area (Å²) in [5, 5.41) is 15.5. The Morgan fingerprint density at radius 2 is 2.64 bits per heavy atom. The second-order valence-electron chi connectivity index (χ2n) is 2.11. The molecule has 1 unspecified atom stereocenters. The molecule has 1 amide bonds. The third kappa shape index (κ3) is 1.51. The van der Waals surface area contributed by atoms with Crippen molar-refractivity contribution in [3.8, 4) is 0 Å². The molecule has 0 aliphatic heterocycles. The van der Waals surface area contributed by atoms with E-state index in [-0.39, 0.29) is 13.3 Å². The second kappa shape index (κ2) is 3.09. The quantitative estimate of drug-likeness (QED) is 0.616. The molecular weight excluding hydrogens is 146 g/mol. The zero-order chi connectivity index (χ0) is 10.3. The molecule has 0 saturated heterocycles. The van der Waals surface area contributed by atoms with Crippen LogP contribution in [-0.4, -0.2) is 33.6 Å². The molecule has 1 heterocycles. The molecule has 0 aliphatic carbocycles. The molecule has 0 aromatic carbocycles. The normalized spacial score (nSPS) is 13.3. The van der Waals surface area contributed by atoms with Gasteiger partial charge in [-0.05, 0) is 6.92 Å². The van der Waals surface area contributed by atoms with Crippen molar-refractivity contribution in [1.82, 2.24) is 25.9 Å². The fourth-order valence-corrected chi connectivity index (χ4v) is 0.687. The summed E-state index contributed by atoms with van der Waals surface area (Å²) >= 11 is 0. The number of hydrogen-bond donors (Lipinski definition) is 2. The molecule has 6 nitrogen and oxygen atoms in total. The molecule has 1 aromatic rings. The second-order valence-corrected chi connectivity index (χ2v) is 2.11. The van der Waals surface area contributed by atoms with Crippen LogP contribution in [-0.2, 0) is 4.79 Å². The van der Waals surface area contributed by atoms with Gasteiger partial charge in [-0.25, -0.2) is 0 Å². The highest BCUT2D eigenvalue weighted by molar-refractivity contribution is 5.81. The van der Waals surface area contributed by atoms with Crippen molar-refractivity contribution in [2.24, 2.45) is 0 Å². The Balaban J connectivity index is 0. The maximum Gasteiger partial charge on any atom is 0.230 e. The van der Waals surface area contributed by atoms with Gasteiger partial charge in [0.05, 0.1) is 5.92 Å². The summed E-state index contributed by atoms with van der Waals surface area (Å²) in [6.45, 7) is 1.71. The largest absolute Gasteiger partial charge is 0.359 e. The summed E-state index contributed by atoms with van der Waals surface area (Å²) in [6, 6.07) is 0. The minimum atomic E-state index is -0.348. The summed E-state index contributed by atoms with van der Waals surface area (Å²) in [7, 11) is 1.57. The average molecular weight is 162 g/mol. The third-order valence-electron chi connectivity index (χ3n) is 1.39. The van der Waals surface area contributed by atoms with Crippen LogP contribution in [0.1, 0.15) is 23.1 Å². The van der Waals surface area contributed by atoms with Crippen LogP contribution in [0.2, 0.25) is 0 Å². The Kier molecular flexibility index (Phi) is 1.76. The summed E-state index contributed by atoms with van der Waals surface area (Å²) in [5.74, 6) is -0.0606. The standard InChI is InChI=1S/C5H9N5O.2H2/c1-3(5(11)6-2)4-7-9-10-8-4;;/h3H,1-2H3,(H,6,11)(H,7,8,9,10);2*1H/i;1+1D;1+1. The van der Waals surface area contributed by atoms with Crippen LogP contribution in [0.25, 0.3) is 0 Å². The van der Waals surface area contributed by atoms with Crippen molar-refractivity contribution in [3.05, 3.63) is 5.82 Å². The van der Waals surface area contributed by atoms with Crippen molar-refractivity contribution in [2.75, 3.05) is 7.05 Å². The molecule has 0 aliphatic rings. The first kappa shape index (κ1) is 6.26. The Labute approximate surface area is 67.9 Å². The highest BCUT2D eigenvalue weighted by Gasteiger charge is 2.17. The number of aromatic nitrogens is 4. The maximum atomic E-state index is 11.0. The number of likely N-dealkylation sites (N-methyl/N-ethyl adjacent to an activating group) is 1. The van der Waals surface area contributed by atoms with Crippen LogP contribution < -0.4 is 5.32 Å². The van der Waals surface area contributed by atoms with Crippen LogP contribution in [0.15, 0.2) is 0 Å². The van der Waals surface area contributed by atoms with E-state index in [0.717, 1.165) is 0 Å². The fraction of sp³-hybridized carbons (Fsp3) is 0.600. The lowest BCUT2D eigenvalue weighted by atomic mass is 10.1. The lowest BCUT2D eigenvalue weighted by molar-refractivity contribution is -0.121. The van der Waals surface area contributed by atoms with Gasteiger partial charge in [0, 0.05) is 11.4 Å². The zero-order valence-corrected chi connectivity index (χ0v) is 6.33. The average Bonchev–Trinajstić information content (AvgIpc) is 2.71. The topological polar surface area (TPSA) is 83.6 Å². The number of tetrazole rings is 1. The number of aromatic amines is 1. The lowest BCUT2D eigenvalue weighted by Gasteiger charge is -2.02. The predicted molar refractivity (Wildman–Crippen MR) is 40.9 cm³/mol. The van der Waals surface area contributed by atoms with Gasteiger partial charge in [0.1, 0.15) is 0 Å². The molecule has 0 bridgehead atoms. The molecule has 64 valence electrons. The van der Waals surface area contributed by atoms with Crippen molar-refractivity contribution >= 4 is 5.91 Å². The van der Waals surface area contributed by atoms with Crippen molar-refractivity contribution in [3.63, 3.8) is 0 Å². The highest BCUT2D eigenvalue weighted by Crippen LogP contribution is 2.06. The Bertz CT molecular complexity index is 242. The van der Waals surface area contributed by atoms with Gasteiger partial charge in [-0.2, -0.15) is 5.21 Å². The molecule has 6 heteroatoms. The first-order valence-corrected chi connectivity index (χ1v) is 3.20. The van der Waals surface area contributed by atoms with Crippen LogP contribution in [0.5, 0.6) is 0 Å². The Morgan fingerprint density at radius 3 is 3.09 bits per heavy atom. The number of nitrogens with zero attached hydrogens (tertiary/aromatic N) is 3. The van der Waals surface area contributed by atoms with E-state index in [1.54, 1.807) is 14.0 Å². The molecule has 1 aromatic heterocycles. The van der Waals surface area contributed by atoms with Gasteiger partial charge in [-0.1, -0.05) is 5.21 Å². The van der Waals surface area contributed by atoms with Crippen LogP contribution in [0, 0.1) is 0 Å². The molecule has 0 saturated carbocycles. The number of hydrogen-bond acceptors (Lipinski definition) is 4. The SMILES string of the molecule is CNC(=O)C(C)c1nn[nH]n1.[2HH].[2H][2H]. The number of amides is 1. The first-order valence-electron chi connectivity index (χ1n) is 4.20. The molecule has 11 heavy (non-hydrogen) atoms. The zero-order valence-electron chi connectivity index (χ0n) is 8.33. The summed E-state index contributed by atoms with van der Waals surface area (Å²) in [4.78, 5) is 11.0. The van der Waals surface area contributed by atoms with Crippen LogP contribution >= 0.6 is 0 Å². The molecule has 2 N–H and O–H groups in total. The molecule has 1 rings (SSSR count). The van der Waals surface area contributed by atoms with Crippen molar-refractivity contribution in [2.45, 2.75) is 12.8 Å². The van der Waals surface area contributed by atoms with Gasteiger partial charge >= 0.3 is 0 Å². The Morgan fingerprint density at radius 1 is 1.91 bits per heavy atom. The number of carbonyl (C=O) groups excluding carboxylic acids is 1. The van der Waals surface area contributed by atoms with E-state index in [4.69, 9.17) is 2.97 Å². The van der Waals surface area contributed by atoms with E-state index in [1.165, 1.54) is 0 Å². The minimum Gasteiger partial charge on any atom is -0.359 e. The minimum absolute atomic E-state index is 0. The van der Waals surface area contributed by atoms with Gasteiger partial charge in [0.2, 0.25) is 5.91 Å². The molecule has 0 fully saturated rings. The highest BCUT2D eigenvalue weighted by atomic mass is 16.1. The van der Waals surface area contributed by atoms with E-state index >= 15 is 0 Å². The Hall–Kier alpha value is -1.46. The van der Waals surface area contributed by atoms with Crippen molar-refractivity contribution < 1.29 is 9.19 Å². The van der Waals surface area contributed by atoms with E-state index in [2.05, 4.69) is 25.9 Å². The van der Waals surface area contributed by atoms with Crippen molar-refractivity contribution in [1.29, 1.82) is 0 Å². The monoisotopic (exact) mass is 162 g/mol. The van der Waals surface area contributed by atoms with Crippen LogP contribution in [0.4, 0.5) is 0 Å². The first-order chi connectivity index (χ1) is 6.25. The van der Waals surface area contributed by atoms with E-state index in [1.807, 2.05) is 0 Å². The molecule has 1 atom stereocenters. The predicted octanol–water partition coefficient (Wildman–Crippen LogP) is -0.459. The maximum absolute atomic E-state index is 11.0. The smallest absolute Gasteiger partial charge is 0.230 e. The molecule has 0 radical (unpaired) electrons. The van der Waals surface area contributed by atoms with Gasteiger partial charge in [0.25, 0.3) is 0 Å². The molecular formula is C5H13N5O. The summed E-state index contributed by atoms with van der Waals surface area (Å²) in [6.07, 6.45) is 0. The van der Waals surface area contributed by atoms with Crippen LogP contribution in [0.3, 0.4) is 0 Å². The van der Waals surface area contributed by atoms with E-state index < -0.39 is 0 Å². The van der Waals surface area contributed by atoms with E-state index in [9.17, 15) is 4.79 Å². The van der Waals surface area contributed by atoms with Gasteiger partial charge in [0.15, 0.2) is 5.82 Å². The summed E-state index contributed by atoms with van der Waals surface area (Å²) in [5.41, 5.74) is 0. The van der Waals surface area contributed by atoms with Gasteiger partial charge in [-0.15, -0.1) is 10.2 Å². The number of carbonyl (C=O) groups is 1. The number of nitrogens with one attached hydrogen (secondary N) is 2. The third-order valence-corrected chi connectivity index (χ3v) is 1.39. The fourth-order valence-electron chi connectivity index (χ4n) is 0.687. The number of rotatable bonds is 2. The summed E-state index contributed by atoms with van der Waals surface area (Å²) < 4.78 is 10.0. The van der Waals surface area contributed by atoms with Gasteiger partial charge in [-0.3, -0.25) is 4.79 Å². The van der Waals surface area contributed by atoms with Gasteiger partial charge < -0.3 is 5.32 Å². The number of H-pyrrole nitrogens is 1. The van der Waals surface area contributed by atoms with E-state index in [0.29, 0.717) is 5.82 Å². The molecule has 0 spiro atoms.